The lowest BCUT2D eigenvalue weighted by Gasteiger charge is -2.35. The van der Waals surface area contributed by atoms with Gasteiger partial charge in [-0.2, -0.15) is 0 Å². The van der Waals surface area contributed by atoms with Crippen LogP contribution < -0.4 is 0 Å². The molecular formula is C10H24N2O. The van der Waals surface area contributed by atoms with Crippen LogP contribution in [0.1, 0.15) is 13.8 Å². The van der Waals surface area contributed by atoms with Crippen LogP contribution in [-0.4, -0.2) is 63.3 Å². The van der Waals surface area contributed by atoms with Crippen LogP contribution in [0.25, 0.3) is 0 Å². The summed E-state index contributed by atoms with van der Waals surface area (Å²) >= 11 is 0. The predicted molar refractivity (Wildman–Crippen MR) is 57.1 cm³/mol. The van der Waals surface area contributed by atoms with Crippen LogP contribution >= 0.6 is 0 Å². The van der Waals surface area contributed by atoms with Crippen molar-refractivity contribution in [3.63, 3.8) is 0 Å². The molecule has 0 bridgehead atoms. The summed E-state index contributed by atoms with van der Waals surface area (Å²) in [5.74, 6) is 0. The molecule has 0 amide bonds. The van der Waals surface area contributed by atoms with E-state index < -0.39 is 0 Å². The van der Waals surface area contributed by atoms with E-state index in [9.17, 15) is 0 Å². The summed E-state index contributed by atoms with van der Waals surface area (Å²) in [5.41, 5.74) is 0. The van der Waals surface area contributed by atoms with Crippen LogP contribution in [0, 0.1) is 0 Å². The van der Waals surface area contributed by atoms with E-state index in [1.165, 1.54) is 0 Å². The minimum atomic E-state index is 0.676. The molecule has 3 heteroatoms. The van der Waals surface area contributed by atoms with Crippen molar-refractivity contribution in [2.75, 3.05) is 47.4 Å². The van der Waals surface area contributed by atoms with Gasteiger partial charge < -0.3 is 9.64 Å². The van der Waals surface area contributed by atoms with Crippen molar-refractivity contribution >= 4 is 0 Å². The van der Waals surface area contributed by atoms with E-state index in [1.807, 2.05) is 13.8 Å². The highest BCUT2D eigenvalue weighted by Crippen LogP contribution is 2.06. The Balaban J connectivity index is 0.000000671. The van der Waals surface area contributed by atoms with Gasteiger partial charge in [-0.05, 0) is 21.1 Å². The highest BCUT2D eigenvalue weighted by Gasteiger charge is 2.22. The van der Waals surface area contributed by atoms with E-state index in [4.69, 9.17) is 4.74 Å². The van der Waals surface area contributed by atoms with E-state index in [1.54, 1.807) is 0 Å². The molecule has 0 aliphatic carbocycles. The fourth-order valence-corrected chi connectivity index (χ4v) is 1.02. The highest BCUT2D eigenvalue weighted by atomic mass is 16.5. The van der Waals surface area contributed by atoms with Crippen LogP contribution in [0.4, 0.5) is 0 Å². The second-order valence-electron chi connectivity index (χ2n) is 3.48. The number of hydrogen-bond acceptors (Lipinski definition) is 3. The smallest absolute Gasteiger partial charge is 0.0645 e. The van der Waals surface area contributed by atoms with E-state index in [0.29, 0.717) is 6.04 Å². The first-order valence-corrected chi connectivity index (χ1v) is 5.13. The Morgan fingerprint density at radius 1 is 1.08 bits per heavy atom. The van der Waals surface area contributed by atoms with Gasteiger partial charge in [0.15, 0.2) is 0 Å². The Morgan fingerprint density at radius 2 is 1.62 bits per heavy atom. The Kier molecular flexibility index (Phi) is 7.23. The molecule has 1 saturated heterocycles. The standard InChI is InChI=1S/C8H18N2O.C2H6/c1-9(2)4-5-10(3)8-6-11-7-8;1-2/h8H,4-7H2,1-3H3;1-2H3. The van der Waals surface area contributed by atoms with Crippen molar-refractivity contribution in [1.82, 2.24) is 9.80 Å². The maximum absolute atomic E-state index is 5.11. The lowest BCUT2D eigenvalue weighted by atomic mass is 10.2. The molecule has 1 aliphatic rings. The maximum Gasteiger partial charge on any atom is 0.0645 e. The Bertz CT molecular complexity index is 113. The average molecular weight is 188 g/mol. The topological polar surface area (TPSA) is 15.7 Å². The van der Waals surface area contributed by atoms with E-state index >= 15 is 0 Å². The summed E-state index contributed by atoms with van der Waals surface area (Å²) in [5, 5.41) is 0. The summed E-state index contributed by atoms with van der Waals surface area (Å²) in [7, 11) is 6.37. The van der Waals surface area contributed by atoms with Crippen molar-refractivity contribution in [3.05, 3.63) is 0 Å². The molecule has 1 rings (SSSR count). The van der Waals surface area contributed by atoms with E-state index in [-0.39, 0.29) is 0 Å². The molecule has 0 atom stereocenters. The lowest BCUT2D eigenvalue weighted by Crippen LogP contribution is -2.48. The molecule has 0 aromatic heterocycles. The van der Waals surface area contributed by atoms with Gasteiger partial charge in [-0.25, -0.2) is 0 Å². The van der Waals surface area contributed by atoms with Crippen LogP contribution in [0.5, 0.6) is 0 Å². The summed E-state index contributed by atoms with van der Waals surface area (Å²) in [6.07, 6.45) is 0. The van der Waals surface area contributed by atoms with Gasteiger partial charge in [-0.3, -0.25) is 4.90 Å². The Hall–Kier alpha value is -0.120. The van der Waals surface area contributed by atoms with Gasteiger partial charge in [0, 0.05) is 13.1 Å². The molecule has 13 heavy (non-hydrogen) atoms. The summed E-state index contributed by atoms with van der Waals surface area (Å²) in [6, 6.07) is 0.676. The van der Waals surface area contributed by atoms with Crippen molar-refractivity contribution in [2.24, 2.45) is 0 Å². The van der Waals surface area contributed by atoms with Crippen LogP contribution in [0.2, 0.25) is 0 Å². The first-order chi connectivity index (χ1) is 6.20. The molecule has 1 heterocycles. The molecule has 0 aromatic carbocycles. The SMILES string of the molecule is CC.CN(C)CCN(C)C1COC1. The van der Waals surface area contributed by atoms with E-state index in [2.05, 4.69) is 30.9 Å². The zero-order valence-electron chi connectivity index (χ0n) is 9.71. The number of nitrogens with zero attached hydrogens (tertiary/aromatic N) is 2. The molecular weight excluding hydrogens is 164 g/mol. The first kappa shape index (κ1) is 12.9. The fourth-order valence-electron chi connectivity index (χ4n) is 1.02. The molecule has 0 radical (unpaired) electrons. The third kappa shape index (κ3) is 5.24. The van der Waals surface area contributed by atoms with Gasteiger partial charge in [0.25, 0.3) is 0 Å². The first-order valence-electron chi connectivity index (χ1n) is 5.13. The number of likely N-dealkylation sites (N-methyl/N-ethyl adjacent to an activating group) is 2. The molecule has 0 aromatic rings. The largest absolute Gasteiger partial charge is 0.378 e. The molecule has 0 spiro atoms. The van der Waals surface area contributed by atoms with Gasteiger partial charge in [-0.15, -0.1) is 0 Å². The van der Waals surface area contributed by atoms with Crippen molar-refractivity contribution < 1.29 is 4.74 Å². The van der Waals surface area contributed by atoms with Gasteiger partial charge in [-0.1, -0.05) is 13.8 Å². The zero-order valence-corrected chi connectivity index (χ0v) is 9.71. The summed E-state index contributed by atoms with van der Waals surface area (Å²) < 4.78 is 5.11. The van der Waals surface area contributed by atoms with Crippen LogP contribution in [0.15, 0.2) is 0 Å². The highest BCUT2D eigenvalue weighted by molar-refractivity contribution is 4.74. The summed E-state index contributed by atoms with van der Waals surface area (Å²) in [6.45, 7) is 8.11. The number of hydrogen-bond donors (Lipinski definition) is 0. The zero-order chi connectivity index (χ0) is 10.3. The minimum absolute atomic E-state index is 0.676. The molecule has 0 N–H and O–H groups in total. The van der Waals surface area contributed by atoms with Crippen LogP contribution in [-0.2, 0) is 4.74 Å². The van der Waals surface area contributed by atoms with Gasteiger partial charge >= 0.3 is 0 Å². The molecule has 1 aliphatic heterocycles. The summed E-state index contributed by atoms with van der Waals surface area (Å²) in [4.78, 5) is 4.57. The monoisotopic (exact) mass is 188 g/mol. The Morgan fingerprint density at radius 3 is 1.92 bits per heavy atom. The van der Waals surface area contributed by atoms with Crippen LogP contribution in [0.3, 0.4) is 0 Å². The fraction of sp³-hybridized carbons (Fsp3) is 1.00. The lowest BCUT2D eigenvalue weighted by molar-refractivity contribution is -0.0568. The molecule has 0 unspecified atom stereocenters. The average Bonchev–Trinajstić information content (AvgIpc) is 2.01. The molecule has 3 nitrogen and oxygen atoms in total. The predicted octanol–water partition coefficient (Wildman–Crippen LogP) is 0.905. The van der Waals surface area contributed by atoms with Crippen molar-refractivity contribution in [1.29, 1.82) is 0 Å². The minimum Gasteiger partial charge on any atom is -0.378 e. The third-order valence-corrected chi connectivity index (χ3v) is 2.14. The number of ether oxygens (including phenoxy) is 1. The van der Waals surface area contributed by atoms with Crippen molar-refractivity contribution in [2.45, 2.75) is 19.9 Å². The molecule has 80 valence electrons. The third-order valence-electron chi connectivity index (χ3n) is 2.14. The molecule has 1 fully saturated rings. The normalized spacial score (nSPS) is 16.8. The second kappa shape index (κ2) is 7.30. The Labute approximate surface area is 82.7 Å². The van der Waals surface area contributed by atoms with Gasteiger partial charge in [0.2, 0.25) is 0 Å². The quantitative estimate of drug-likeness (QED) is 0.652. The molecule has 0 saturated carbocycles. The van der Waals surface area contributed by atoms with E-state index in [0.717, 1.165) is 26.3 Å². The number of rotatable bonds is 4. The maximum atomic E-state index is 5.11. The van der Waals surface area contributed by atoms with Crippen molar-refractivity contribution in [3.8, 4) is 0 Å². The second-order valence-corrected chi connectivity index (χ2v) is 3.48. The van der Waals surface area contributed by atoms with Gasteiger partial charge in [0.1, 0.15) is 0 Å². The van der Waals surface area contributed by atoms with Gasteiger partial charge in [0.05, 0.1) is 19.3 Å².